The molecule has 0 fully saturated rings. The number of anilines is 1. The fourth-order valence-corrected chi connectivity index (χ4v) is 5.77. The smallest absolute Gasteiger partial charge is 0.243 e. The molecule has 0 aliphatic carbocycles. The maximum absolute atomic E-state index is 13.9. The second kappa shape index (κ2) is 15.0. The number of amides is 2. The molecule has 0 bridgehead atoms. The highest BCUT2D eigenvalue weighted by atomic mass is 32.2. The van der Waals surface area contributed by atoms with Crippen LogP contribution in [0.4, 0.5) is 10.1 Å². The van der Waals surface area contributed by atoms with Gasteiger partial charge in [0.15, 0.2) is 0 Å². The van der Waals surface area contributed by atoms with Crippen LogP contribution in [0.2, 0.25) is 0 Å². The largest absolute Gasteiger partial charge is 0.352 e. The molecule has 9 heteroatoms. The zero-order valence-corrected chi connectivity index (χ0v) is 26.0. The zero-order chi connectivity index (χ0) is 30.9. The summed E-state index contributed by atoms with van der Waals surface area (Å²) in [6, 6.07) is 20.1. The van der Waals surface area contributed by atoms with Gasteiger partial charge in [-0.1, -0.05) is 61.5 Å². The molecule has 0 saturated carbocycles. The van der Waals surface area contributed by atoms with Crippen LogP contribution >= 0.6 is 0 Å². The monoisotopic (exact) mass is 595 g/mol. The van der Waals surface area contributed by atoms with Crippen molar-refractivity contribution in [3.8, 4) is 0 Å². The molecule has 3 aromatic carbocycles. The van der Waals surface area contributed by atoms with Gasteiger partial charge in [0.25, 0.3) is 0 Å². The average molecular weight is 596 g/mol. The maximum Gasteiger partial charge on any atom is 0.243 e. The van der Waals surface area contributed by atoms with Gasteiger partial charge in [0.2, 0.25) is 21.8 Å². The molecule has 0 spiro atoms. The Morgan fingerprint density at radius 2 is 1.62 bits per heavy atom. The number of hydrogen-bond donors (Lipinski definition) is 1. The Balaban J connectivity index is 1.90. The number of rotatable bonds is 14. The van der Waals surface area contributed by atoms with Crippen molar-refractivity contribution in [2.75, 3.05) is 17.1 Å². The summed E-state index contributed by atoms with van der Waals surface area (Å²) in [5, 5.41) is 3.03. The third-order valence-electron chi connectivity index (χ3n) is 7.32. The van der Waals surface area contributed by atoms with Crippen LogP contribution in [0, 0.1) is 19.7 Å². The van der Waals surface area contributed by atoms with Crippen molar-refractivity contribution in [1.29, 1.82) is 0 Å². The van der Waals surface area contributed by atoms with Gasteiger partial charge in [-0.3, -0.25) is 13.9 Å². The molecule has 0 aliphatic heterocycles. The molecular weight excluding hydrogens is 553 g/mol. The average Bonchev–Trinajstić information content (AvgIpc) is 2.95. The predicted octanol–water partition coefficient (Wildman–Crippen LogP) is 5.54. The number of carbonyl (C=O) groups is 2. The lowest BCUT2D eigenvalue weighted by atomic mass is 10.0. The third-order valence-corrected chi connectivity index (χ3v) is 8.50. The van der Waals surface area contributed by atoms with Crippen LogP contribution in [0.1, 0.15) is 55.4 Å². The quantitative estimate of drug-likeness (QED) is 0.265. The Morgan fingerprint density at radius 3 is 2.24 bits per heavy atom. The van der Waals surface area contributed by atoms with E-state index in [0.29, 0.717) is 17.7 Å². The summed E-state index contributed by atoms with van der Waals surface area (Å²) in [6.45, 7) is 7.86. The number of nitrogens with zero attached hydrogens (tertiary/aromatic N) is 2. The first kappa shape index (κ1) is 32.8. The molecule has 7 nitrogen and oxygen atoms in total. The van der Waals surface area contributed by atoms with Gasteiger partial charge in [-0.15, -0.1) is 0 Å². The maximum atomic E-state index is 13.9. The molecule has 0 aliphatic rings. The van der Waals surface area contributed by atoms with Crippen molar-refractivity contribution in [2.24, 2.45) is 0 Å². The van der Waals surface area contributed by atoms with Gasteiger partial charge >= 0.3 is 0 Å². The lowest BCUT2D eigenvalue weighted by molar-refractivity contribution is -0.141. The molecule has 226 valence electrons. The van der Waals surface area contributed by atoms with E-state index in [2.05, 4.69) is 5.32 Å². The number of aryl methyl sites for hydroxylation is 2. The first-order valence-electron chi connectivity index (χ1n) is 14.3. The van der Waals surface area contributed by atoms with Crippen molar-refractivity contribution in [2.45, 2.75) is 72.0 Å². The van der Waals surface area contributed by atoms with Gasteiger partial charge in [-0.05, 0) is 74.1 Å². The van der Waals surface area contributed by atoms with Gasteiger partial charge in [-0.25, -0.2) is 12.8 Å². The van der Waals surface area contributed by atoms with Gasteiger partial charge in [0.05, 0.1) is 11.9 Å². The highest BCUT2D eigenvalue weighted by Crippen LogP contribution is 2.25. The number of halogens is 1. The molecule has 2 amide bonds. The van der Waals surface area contributed by atoms with Crippen molar-refractivity contribution in [3.05, 3.63) is 101 Å². The van der Waals surface area contributed by atoms with Crippen molar-refractivity contribution in [3.63, 3.8) is 0 Å². The summed E-state index contributed by atoms with van der Waals surface area (Å²) in [6.07, 6.45) is 2.47. The molecule has 0 unspecified atom stereocenters. The standard InChI is InChI=1S/C33H42FN3O4S/c1-6-26(4)35-33(39)31(22-27-11-8-7-9-12-27)36(23-28-16-18-29(34)19-17-28)32(38)13-10-20-37(42(5,40)41)30-21-24(2)14-15-25(30)3/h7-9,11-12,14-19,21,26,31H,6,10,13,20,22-23H2,1-5H3,(H,35,39)/t26-,31-/m0/s1. The number of carbonyl (C=O) groups excluding carboxylic acids is 2. The lowest BCUT2D eigenvalue weighted by Gasteiger charge is -2.33. The zero-order valence-electron chi connectivity index (χ0n) is 25.1. The highest BCUT2D eigenvalue weighted by molar-refractivity contribution is 7.92. The molecule has 42 heavy (non-hydrogen) atoms. The molecule has 0 heterocycles. The van der Waals surface area contributed by atoms with Gasteiger partial charge in [0, 0.05) is 32.0 Å². The first-order chi connectivity index (χ1) is 19.9. The van der Waals surface area contributed by atoms with E-state index in [0.717, 1.165) is 29.4 Å². The molecule has 3 aromatic rings. The summed E-state index contributed by atoms with van der Waals surface area (Å²) in [4.78, 5) is 29.1. The molecule has 3 rings (SSSR count). The second-order valence-electron chi connectivity index (χ2n) is 10.9. The second-order valence-corrected chi connectivity index (χ2v) is 12.8. The van der Waals surface area contributed by atoms with Crippen molar-refractivity contribution < 1.29 is 22.4 Å². The van der Waals surface area contributed by atoms with Gasteiger partial charge in [-0.2, -0.15) is 0 Å². The third kappa shape index (κ3) is 9.41. The first-order valence-corrected chi connectivity index (χ1v) is 16.2. The van der Waals surface area contributed by atoms with Gasteiger partial charge in [0.1, 0.15) is 11.9 Å². The van der Waals surface area contributed by atoms with E-state index in [-0.39, 0.29) is 49.6 Å². The number of sulfonamides is 1. The Morgan fingerprint density at radius 1 is 0.952 bits per heavy atom. The molecule has 0 saturated heterocycles. The molecule has 0 aromatic heterocycles. The summed E-state index contributed by atoms with van der Waals surface area (Å²) in [7, 11) is -3.61. The highest BCUT2D eigenvalue weighted by Gasteiger charge is 2.31. The topological polar surface area (TPSA) is 86.8 Å². The van der Waals surface area contributed by atoms with E-state index < -0.39 is 16.1 Å². The van der Waals surface area contributed by atoms with E-state index in [1.807, 2.05) is 76.2 Å². The predicted molar refractivity (Wildman–Crippen MR) is 166 cm³/mol. The molecular formula is C33H42FN3O4S. The van der Waals surface area contributed by atoms with Crippen LogP contribution in [-0.2, 0) is 32.6 Å². The number of benzene rings is 3. The SMILES string of the molecule is CC[C@H](C)NC(=O)[C@H](Cc1ccccc1)N(Cc1ccc(F)cc1)C(=O)CCCN(c1cc(C)ccc1C)S(C)(=O)=O. The van der Waals surface area contributed by atoms with E-state index in [1.54, 1.807) is 17.0 Å². The Labute approximate surface area is 249 Å². The van der Waals surface area contributed by atoms with Crippen LogP contribution in [0.15, 0.2) is 72.8 Å². The Hall–Kier alpha value is -3.72. The minimum Gasteiger partial charge on any atom is -0.352 e. The van der Waals surface area contributed by atoms with E-state index in [1.165, 1.54) is 16.4 Å². The summed E-state index contributed by atoms with van der Waals surface area (Å²) < 4.78 is 40.5. The Kier molecular flexibility index (Phi) is 11.7. The fourth-order valence-electron chi connectivity index (χ4n) is 4.75. The number of hydrogen-bond acceptors (Lipinski definition) is 4. The van der Waals surface area contributed by atoms with Crippen LogP contribution in [0.5, 0.6) is 0 Å². The van der Waals surface area contributed by atoms with E-state index >= 15 is 0 Å². The molecule has 1 N–H and O–H groups in total. The van der Waals surface area contributed by atoms with Crippen molar-refractivity contribution >= 4 is 27.5 Å². The minimum absolute atomic E-state index is 0.0278. The Bertz CT molecular complexity index is 1450. The summed E-state index contributed by atoms with van der Waals surface area (Å²) in [5.74, 6) is -0.940. The van der Waals surface area contributed by atoms with E-state index in [4.69, 9.17) is 0 Å². The molecule has 2 atom stereocenters. The summed E-state index contributed by atoms with van der Waals surface area (Å²) >= 11 is 0. The molecule has 0 radical (unpaired) electrons. The lowest BCUT2D eigenvalue weighted by Crippen LogP contribution is -2.52. The number of nitrogens with one attached hydrogen (secondary N) is 1. The fraction of sp³-hybridized carbons (Fsp3) is 0.394. The van der Waals surface area contributed by atoms with Crippen LogP contribution in [-0.4, -0.2) is 50.0 Å². The van der Waals surface area contributed by atoms with Gasteiger partial charge < -0.3 is 10.2 Å². The minimum atomic E-state index is -3.61. The van der Waals surface area contributed by atoms with Crippen LogP contribution in [0.25, 0.3) is 0 Å². The van der Waals surface area contributed by atoms with Crippen LogP contribution in [0.3, 0.4) is 0 Å². The van der Waals surface area contributed by atoms with Crippen LogP contribution < -0.4 is 9.62 Å². The normalized spacial score (nSPS) is 12.8. The van der Waals surface area contributed by atoms with Crippen molar-refractivity contribution in [1.82, 2.24) is 10.2 Å². The van der Waals surface area contributed by atoms with E-state index in [9.17, 15) is 22.4 Å². The summed E-state index contributed by atoms with van der Waals surface area (Å²) in [5.41, 5.74) is 3.92.